The lowest BCUT2D eigenvalue weighted by atomic mass is 9.91. The maximum atomic E-state index is 13.6. The number of Topliss-reactive ketones (excluding diaryl/α,β-unsaturated/α-hetero) is 1. The van der Waals surface area contributed by atoms with Crippen molar-refractivity contribution >= 4 is 45.9 Å². The van der Waals surface area contributed by atoms with E-state index in [0.29, 0.717) is 17.7 Å². The van der Waals surface area contributed by atoms with Gasteiger partial charge in [0.25, 0.3) is 0 Å². The number of ketones is 1. The van der Waals surface area contributed by atoms with Crippen molar-refractivity contribution in [3.05, 3.63) is 90.2 Å². The van der Waals surface area contributed by atoms with E-state index in [-0.39, 0.29) is 48.6 Å². The van der Waals surface area contributed by atoms with Gasteiger partial charge in [-0.2, -0.15) is 4.31 Å². The van der Waals surface area contributed by atoms with Crippen LogP contribution in [0.1, 0.15) is 38.2 Å². The molecule has 1 unspecified atom stereocenters. The van der Waals surface area contributed by atoms with Crippen LogP contribution in [0.15, 0.2) is 83.8 Å². The first-order valence-corrected chi connectivity index (χ1v) is 16.1. The van der Waals surface area contributed by atoms with Gasteiger partial charge in [0.05, 0.1) is 11.5 Å². The SMILES string of the molecule is CC(C)[C@H](N)C(=O)OCCC(CC(=O)[C@@H]1SCCN1S(=O)(=O)c1ccc(-c2ccccc2)cc1)c1ccc(F)cc1.Cl. The Morgan fingerprint density at radius 2 is 1.62 bits per heavy atom. The van der Waals surface area contributed by atoms with E-state index in [1.807, 2.05) is 44.2 Å². The fourth-order valence-electron chi connectivity index (χ4n) is 4.68. The van der Waals surface area contributed by atoms with Crippen LogP contribution in [0.4, 0.5) is 4.39 Å². The minimum Gasteiger partial charge on any atom is -0.465 e. The number of carbonyl (C=O) groups is 2. The van der Waals surface area contributed by atoms with Crippen molar-refractivity contribution in [3.63, 3.8) is 0 Å². The zero-order valence-electron chi connectivity index (χ0n) is 23.5. The number of benzene rings is 3. The summed E-state index contributed by atoms with van der Waals surface area (Å²) in [5, 5.41) is -0.881. The van der Waals surface area contributed by atoms with Crippen LogP contribution in [0.25, 0.3) is 11.1 Å². The van der Waals surface area contributed by atoms with Crippen molar-refractivity contribution < 1.29 is 27.1 Å². The lowest BCUT2D eigenvalue weighted by Crippen LogP contribution is -2.40. The van der Waals surface area contributed by atoms with Gasteiger partial charge in [0.1, 0.15) is 17.2 Å². The molecule has 0 saturated carbocycles. The van der Waals surface area contributed by atoms with E-state index in [9.17, 15) is 22.4 Å². The molecule has 4 rings (SSSR count). The molecule has 0 aromatic heterocycles. The van der Waals surface area contributed by atoms with Crippen molar-refractivity contribution in [1.29, 1.82) is 0 Å². The van der Waals surface area contributed by atoms with E-state index in [2.05, 4.69) is 0 Å². The number of thioether (sulfide) groups is 1. The summed E-state index contributed by atoms with van der Waals surface area (Å²) in [6.45, 7) is 3.89. The monoisotopic (exact) mass is 634 g/mol. The molecule has 1 aliphatic rings. The van der Waals surface area contributed by atoms with Gasteiger partial charge in [-0.15, -0.1) is 24.2 Å². The number of rotatable bonds is 12. The highest BCUT2D eigenvalue weighted by Crippen LogP contribution is 2.35. The van der Waals surface area contributed by atoms with Crippen molar-refractivity contribution in [3.8, 4) is 11.1 Å². The molecule has 0 aliphatic carbocycles. The molecule has 0 radical (unpaired) electrons. The van der Waals surface area contributed by atoms with E-state index in [0.717, 1.165) is 11.1 Å². The summed E-state index contributed by atoms with van der Waals surface area (Å²) in [4.78, 5) is 25.9. The normalized spacial score (nSPS) is 16.9. The molecule has 2 N–H and O–H groups in total. The molecule has 0 bridgehead atoms. The molecule has 1 fully saturated rings. The van der Waals surface area contributed by atoms with Gasteiger partial charge in [-0.1, -0.05) is 68.4 Å². The Morgan fingerprint density at radius 3 is 2.24 bits per heavy atom. The highest BCUT2D eigenvalue weighted by Gasteiger charge is 2.40. The van der Waals surface area contributed by atoms with E-state index in [4.69, 9.17) is 10.5 Å². The number of nitrogens with zero attached hydrogens (tertiary/aromatic N) is 1. The van der Waals surface area contributed by atoms with Crippen LogP contribution in [0.3, 0.4) is 0 Å². The number of ether oxygens (including phenoxy) is 1. The second kappa shape index (κ2) is 15.1. The Labute approximate surface area is 257 Å². The molecule has 42 heavy (non-hydrogen) atoms. The summed E-state index contributed by atoms with van der Waals surface area (Å²) in [6.07, 6.45) is 0.315. The average Bonchev–Trinajstić information content (AvgIpc) is 3.48. The fourth-order valence-corrected chi connectivity index (χ4v) is 7.84. The second-order valence-corrected chi connectivity index (χ2v) is 13.5. The third-order valence-electron chi connectivity index (χ3n) is 7.18. The summed E-state index contributed by atoms with van der Waals surface area (Å²) in [5.41, 5.74) is 8.45. The van der Waals surface area contributed by atoms with Crippen LogP contribution in [0.5, 0.6) is 0 Å². The van der Waals surface area contributed by atoms with Crippen LogP contribution in [-0.2, 0) is 24.3 Å². The first-order chi connectivity index (χ1) is 19.6. The number of sulfonamides is 1. The molecule has 7 nitrogen and oxygen atoms in total. The Bertz CT molecular complexity index is 1440. The molecule has 226 valence electrons. The molecule has 0 amide bonds. The number of halogens is 2. The first kappa shape index (κ1) is 33.7. The molecule has 0 spiro atoms. The predicted molar refractivity (Wildman–Crippen MR) is 166 cm³/mol. The molecule has 3 aromatic rings. The number of hydrogen-bond donors (Lipinski definition) is 1. The summed E-state index contributed by atoms with van der Waals surface area (Å²) >= 11 is 1.29. The molecule has 11 heteroatoms. The van der Waals surface area contributed by atoms with Crippen molar-refractivity contribution in [2.75, 3.05) is 18.9 Å². The standard InChI is InChI=1S/C31H35FN2O5S2.ClH/c1-21(2)29(33)31(36)39-18-16-25(24-8-12-26(32)13-9-24)20-28(35)30-34(17-19-40-30)41(37,38)27-14-10-23(11-15-27)22-6-4-3-5-7-22;/h3-15,21,25,29-30H,16-20,33H2,1-2H3;1H/t25?,29-,30-;/m0./s1. The molecule has 1 aliphatic heterocycles. The smallest absolute Gasteiger partial charge is 0.323 e. The Balaban J connectivity index is 0.00000484. The van der Waals surface area contributed by atoms with Gasteiger partial charge in [-0.25, -0.2) is 12.8 Å². The fraction of sp³-hybridized carbons (Fsp3) is 0.355. The number of nitrogens with two attached hydrogens (primary N) is 1. The van der Waals surface area contributed by atoms with Gasteiger partial charge < -0.3 is 10.5 Å². The van der Waals surface area contributed by atoms with E-state index in [1.165, 1.54) is 28.2 Å². The average molecular weight is 635 g/mol. The van der Waals surface area contributed by atoms with Crippen LogP contribution < -0.4 is 5.73 Å². The van der Waals surface area contributed by atoms with Crippen molar-refractivity contribution in [2.24, 2.45) is 11.7 Å². The molecular weight excluding hydrogens is 599 g/mol. The molecule has 3 atom stereocenters. The van der Waals surface area contributed by atoms with E-state index >= 15 is 0 Å². The van der Waals surface area contributed by atoms with Crippen LogP contribution >= 0.6 is 24.2 Å². The molecule has 1 heterocycles. The third kappa shape index (κ3) is 8.20. The third-order valence-corrected chi connectivity index (χ3v) is 10.4. The summed E-state index contributed by atoms with van der Waals surface area (Å²) < 4.78 is 47.5. The lowest BCUT2D eigenvalue weighted by Gasteiger charge is -2.25. The van der Waals surface area contributed by atoms with Crippen LogP contribution in [0, 0.1) is 11.7 Å². The van der Waals surface area contributed by atoms with Crippen molar-refractivity contribution in [2.45, 2.75) is 48.9 Å². The highest BCUT2D eigenvalue weighted by atomic mass is 35.5. The number of carbonyl (C=O) groups excluding carboxylic acids is 2. The summed E-state index contributed by atoms with van der Waals surface area (Å²) in [6, 6.07) is 21.4. The van der Waals surface area contributed by atoms with Gasteiger partial charge in [0.2, 0.25) is 10.0 Å². The first-order valence-electron chi connectivity index (χ1n) is 13.6. The Hall–Kier alpha value is -2.76. The molecular formula is C31H36ClFN2O5S2. The minimum absolute atomic E-state index is 0. The maximum Gasteiger partial charge on any atom is 0.323 e. The van der Waals surface area contributed by atoms with Gasteiger partial charge in [-0.3, -0.25) is 9.59 Å². The lowest BCUT2D eigenvalue weighted by molar-refractivity contribution is -0.146. The Kier molecular flexibility index (Phi) is 12.1. The van der Waals surface area contributed by atoms with Crippen molar-refractivity contribution in [1.82, 2.24) is 4.31 Å². The largest absolute Gasteiger partial charge is 0.465 e. The maximum absolute atomic E-state index is 13.6. The number of hydrogen-bond acceptors (Lipinski definition) is 7. The highest BCUT2D eigenvalue weighted by molar-refractivity contribution is 8.02. The predicted octanol–water partition coefficient (Wildman–Crippen LogP) is 5.64. The van der Waals surface area contributed by atoms with Gasteiger partial charge in [-0.05, 0) is 59.2 Å². The topological polar surface area (TPSA) is 107 Å². The van der Waals surface area contributed by atoms with E-state index < -0.39 is 39.1 Å². The van der Waals surface area contributed by atoms with Crippen LogP contribution in [-0.4, -0.2) is 54.8 Å². The van der Waals surface area contributed by atoms with Gasteiger partial charge in [0.15, 0.2) is 5.78 Å². The quantitative estimate of drug-likeness (QED) is 0.257. The van der Waals surface area contributed by atoms with Gasteiger partial charge in [0, 0.05) is 18.7 Å². The molecule has 1 saturated heterocycles. The summed E-state index contributed by atoms with van der Waals surface area (Å²) in [7, 11) is -3.92. The molecule has 3 aromatic carbocycles. The van der Waals surface area contributed by atoms with E-state index in [1.54, 1.807) is 36.4 Å². The number of esters is 1. The minimum atomic E-state index is -3.92. The zero-order chi connectivity index (χ0) is 29.6. The van der Waals surface area contributed by atoms with Gasteiger partial charge >= 0.3 is 5.97 Å². The zero-order valence-corrected chi connectivity index (χ0v) is 26.0. The second-order valence-electron chi connectivity index (χ2n) is 10.4. The Morgan fingerprint density at radius 1 is 1.00 bits per heavy atom. The summed E-state index contributed by atoms with van der Waals surface area (Å²) in [5.74, 6) is -1.18. The van der Waals surface area contributed by atoms with Crippen LogP contribution in [0.2, 0.25) is 0 Å².